The Morgan fingerprint density at radius 1 is 1.05 bits per heavy atom. The first-order valence-corrected chi connectivity index (χ1v) is 13.6. The van der Waals surface area contributed by atoms with Gasteiger partial charge in [-0.15, -0.1) is 0 Å². The van der Waals surface area contributed by atoms with Crippen molar-refractivity contribution < 1.29 is 14.4 Å². The molecule has 0 saturated carbocycles. The Balaban J connectivity index is 1.54. The van der Waals surface area contributed by atoms with Gasteiger partial charge >= 0.3 is 0 Å². The van der Waals surface area contributed by atoms with Crippen molar-refractivity contribution in [3.8, 4) is 11.3 Å². The van der Waals surface area contributed by atoms with Crippen LogP contribution in [0.15, 0.2) is 84.2 Å². The number of carbonyl (C=O) groups excluding carboxylic acids is 2. The summed E-state index contributed by atoms with van der Waals surface area (Å²) in [7, 11) is 1.72. The van der Waals surface area contributed by atoms with Gasteiger partial charge in [-0.05, 0) is 75.7 Å². The normalized spacial score (nSPS) is 10.7. The van der Waals surface area contributed by atoms with Gasteiger partial charge in [0, 0.05) is 47.2 Å². The van der Waals surface area contributed by atoms with E-state index in [0.29, 0.717) is 46.3 Å². The van der Waals surface area contributed by atoms with Crippen molar-refractivity contribution in [1.82, 2.24) is 9.88 Å². The number of fused-ring (bicyclic) bond motifs is 1. The van der Waals surface area contributed by atoms with Crippen molar-refractivity contribution in [3.05, 3.63) is 106 Å². The summed E-state index contributed by atoms with van der Waals surface area (Å²) in [6.07, 6.45) is 0.460. The van der Waals surface area contributed by atoms with Gasteiger partial charge in [0.05, 0.1) is 22.5 Å². The topological polar surface area (TPSA) is 83.9 Å². The summed E-state index contributed by atoms with van der Waals surface area (Å²) in [5, 5.41) is 8.17. The lowest BCUT2D eigenvalue weighted by molar-refractivity contribution is 0.0789. The maximum atomic E-state index is 13.6. The Hall–Kier alpha value is -4.49. The summed E-state index contributed by atoms with van der Waals surface area (Å²) >= 11 is 6.47. The van der Waals surface area contributed by atoms with E-state index in [1.54, 1.807) is 48.3 Å². The highest BCUT2D eigenvalue weighted by Gasteiger charge is 2.18. The number of hydrogen-bond acceptors (Lipinski definition) is 5. The van der Waals surface area contributed by atoms with Crippen molar-refractivity contribution >= 4 is 45.7 Å². The van der Waals surface area contributed by atoms with E-state index in [1.807, 2.05) is 58.0 Å². The van der Waals surface area contributed by atoms with Gasteiger partial charge in [-0.3, -0.25) is 9.59 Å². The number of benzene rings is 3. The fourth-order valence-corrected chi connectivity index (χ4v) is 4.62. The van der Waals surface area contributed by atoms with Gasteiger partial charge < -0.3 is 15.1 Å². The van der Waals surface area contributed by atoms with E-state index in [-0.39, 0.29) is 11.8 Å². The van der Waals surface area contributed by atoms with Crippen molar-refractivity contribution in [2.45, 2.75) is 34.1 Å². The third kappa shape index (κ3) is 7.18. The van der Waals surface area contributed by atoms with Crippen LogP contribution in [0.2, 0.25) is 5.02 Å². The van der Waals surface area contributed by atoms with Crippen LogP contribution in [0, 0.1) is 13.8 Å². The number of rotatable bonds is 9. The quantitative estimate of drug-likeness (QED) is 0.127. The number of pyridine rings is 1. The molecule has 4 aromatic rings. The van der Waals surface area contributed by atoms with E-state index < -0.39 is 0 Å². The van der Waals surface area contributed by atoms with Crippen LogP contribution in [0.1, 0.15) is 52.1 Å². The van der Waals surface area contributed by atoms with Crippen LogP contribution in [0.25, 0.3) is 22.2 Å². The Kier molecular flexibility index (Phi) is 9.20. The minimum absolute atomic E-state index is 0.152. The van der Waals surface area contributed by atoms with Crippen molar-refractivity contribution in [2.24, 2.45) is 5.16 Å². The molecule has 0 aliphatic heterocycles. The minimum Gasteiger partial charge on any atom is -0.362 e. The lowest BCUT2D eigenvalue weighted by atomic mass is 9.99. The number of aryl methyl sites for hydroxylation is 2. The molecule has 41 heavy (non-hydrogen) atoms. The Morgan fingerprint density at radius 2 is 1.76 bits per heavy atom. The minimum atomic E-state index is -0.282. The molecule has 0 aliphatic rings. The molecule has 0 radical (unpaired) electrons. The van der Waals surface area contributed by atoms with Gasteiger partial charge in [-0.1, -0.05) is 53.2 Å². The molecule has 0 fully saturated rings. The number of nitrogens with zero attached hydrogens (tertiary/aromatic N) is 3. The molecule has 3 aromatic carbocycles. The first-order chi connectivity index (χ1) is 19.5. The highest BCUT2D eigenvalue weighted by molar-refractivity contribution is 6.33. The number of halogens is 1. The molecule has 1 aromatic heterocycles. The van der Waals surface area contributed by atoms with E-state index >= 15 is 0 Å². The van der Waals surface area contributed by atoms with Crippen LogP contribution in [0.5, 0.6) is 0 Å². The molecule has 0 aliphatic carbocycles. The van der Waals surface area contributed by atoms with E-state index in [9.17, 15) is 9.59 Å². The number of amides is 2. The number of anilines is 1. The number of aromatic nitrogens is 1. The van der Waals surface area contributed by atoms with Crippen LogP contribution >= 0.6 is 11.6 Å². The third-order valence-corrected chi connectivity index (χ3v) is 6.79. The van der Waals surface area contributed by atoms with E-state index in [4.69, 9.17) is 21.4 Å². The van der Waals surface area contributed by atoms with Crippen molar-refractivity contribution in [1.29, 1.82) is 0 Å². The van der Waals surface area contributed by atoms with Crippen LogP contribution in [0.4, 0.5) is 5.69 Å². The third-order valence-electron chi connectivity index (χ3n) is 6.46. The van der Waals surface area contributed by atoms with Crippen LogP contribution < -0.4 is 5.32 Å². The van der Waals surface area contributed by atoms with Gasteiger partial charge in [0.1, 0.15) is 5.76 Å². The summed E-state index contributed by atoms with van der Waals surface area (Å²) in [5.41, 5.74) is 6.46. The van der Waals surface area contributed by atoms with Gasteiger partial charge in [0.25, 0.3) is 11.8 Å². The maximum Gasteiger partial charge on any atom is 0.256 e. The van der Waals surface area contributed by atoms with Gasteiger partial charge in [0.15, 0.2) is 0 Å². The molecule has 0 spiro atoms. The second-order valence-electron chi connectivity index (χ2n) is 10.2. The zero-order chi connectivity index (χ0) is 29.7. The Morgan fingerprint density at radius 3 is 2.44 bits per heavy atom. The molecule has 8 heteroatoms. The maximum absolute atomic E-state index is 13.6. The zero-order valence-electron chi connectivity index (χ0n) is 23.9. The van der Waals surface area contributed by atoms with Gasteiger partial charge in [0.2, 0.25) is 0 Å². The number of hydrogen-bond donors (Lipinski definition) is 1. The monoisotopic (exact) mass is 568 g/mol. The summed E-state index contributed by atoms with van der Waals surface area (Å²) in [4.78, 5) is 38.2. The summed E-state index contributed by atoms with van der Waals surface area (Å²) in [6, 6.07) is 20.0. The average molecular weight is 569 g/mol. The number of oxime groups is 1. The van der Waals surface area contributed by atoms with E-state index in [0.717, 1.165) is 33.3 Å². The molecule has 1 N–H and O–H groups in total. The van der Waals surface area contributed by atoms with Crippen LogP contribution in [-0.4, -0.2) is 41.0 Å². The van der Waals surface area contributed by atoms with Crippen molar-refractivity contribution in [2.75, 3.05) is 18.9 Å². The molecule has 7 nitrogen and oxygen atoms in total. The zero-order valence-corrected chi connectivity index (χ0v) is 24.7. The fraction of sp³-hybridized carbons (Fsp3) is 0.212. The average Bonchev–Trinajstić information content (AvgIpc) is 2.94. The first kappa shape index (κ1) is 29.5. The second-order valence-corrected chi connectivity index (χ2v) is 10.6. The summed E-state index contributed by atoms with van der Waals surface area (Å²) < 4.78 is 0. The molecule has 0 bridgehead atoms. The van der Waals surface area contributed by atoms with Gasteiger partial charge in [-0.2, -0.15) is 0 Å². The molecule has 0 atom stereocenters. The SMILES string of the molecule is C=C(CCN(C)C(=O)c1ccc(NC(=O)c2cc(-c3ccccc3Cl)nc3c(C)cc(C)cc23)cc1)ON=C(C)C. The second kappa shape index (κ2) is 12.8. The number of nitrogens with one attached hydrogen (secondary N) is 1. The van der Waals surface area contributed by atoms with E-state index in [2.05, 4.69) is 17.1 Å². The number of carbonyl (C=O) groups is 2. The molecule has 1 heterocycles. The largest absolute Gasteiger partial charge is 0.362 e. The fourth-order valence-electron chi connectivity index (χ4n) is 4.39. The predicted molar refractivity (Wildman–Crippen MR) is 167 cm³/mol. The lowest BCUT2D eigenvalue weighted by Gasteiger charge is -2.17. The highest BCUT2D eigenvalue weighted by Crippen LogP contribution is 2.32. The molecule has 2 amide bonds. The highest BCUT2D eigenvalue weighted by atomic mass is 35.5. The summed E-state index contributed by atoms with van der Waals surface area (Å²) in [6.45, 7) is 11.9. The van der Waals surface area contributed by atoms with Gasteiger partial charge in [-0.25, -0.2) is 4.98 Å². The standard InChI is InChI=1S/C33H33ClN4O3/c1-20(2)37-41-23(5)15-16-38(6)33(40)24-11-13-25(14-12-24)35-32(39)28-19-30(26-9-7-8-10-29(26)34)36-31-22(4)17-21(3)18-27(28)31/h7-14,17-19H,5,15-16H2,1-4,6H3,(H,35,39). The molecule has 210 valence electrons. The lowest BCUT2D eigenvalue weighted by Crippen LogP contribution is -2.28. The van der Waals surface area contributed by atoms with E-state index in [1.165, 1.54) is 0 Å². The molecular formula is C33H33ClN4O3. The van der Waals surface area contributed by atoms with Crippen molar-refractivity contribution in [3.63, 3.8) is 0 Å². The molecule has 4 rings (SSSR count). The molecular weight excluding hydrogens is 536 g/mol. The summed E-state index contributed by atoms with van der Waals surface area (Å²) in [5.74, 6) is 0.0484. The Bertz CT molecular complexity index is 1660. The van der Waals surface area contributed by atoms with Crippen LogP contribution in [-0.2, 0) is 4.84 Å². The van der Waals surface area contributed by atoms with Crippen LogP contribution in [0.3, 0.4) is 0 Å². The first-order valence-electron chi connectivity index (χ1n) is 13.2. The molecule has 0 unspecified atom stereocenters. The Labute approximate surface area is 245 Å². The molecule has 0 saturated heterocycles. The predicted octanol–water partition coefficient (Wildman–Crippen LogP) is 7.81. The smallest absolute Gasteiger partial charge is 0.256 e.